The molecule has 31 heavy (non-hydrogen) atoms. The molecule has 3 rings (SSSR count). The smallest absolute Gasteiger partial charge is 0.337 e. The number of halogens is 1. The minimum absolute atomic E-state index is 0.0827. The van der Waals surface area contributed by atoms with Crippen LogP contribution in [0.1, 0.15) is 45.8 Å². The lowest BCUT2D eigenvalue weighted by atomic mass is 9.88. The molecule has 0 bridgehead atoms. The molecule has 1 aliphatic heterocycles. The van der Waals surface area contributed by atoms with E-state index in [0.29, 0.717) is 12.3 Å². The predicted molar refractivity (Wildman–Crippen MR) is 118 cm³/mol. The van der Waals surface area contributed by atoms with Gasteiger partial charge in [-0.05, 0) is 68.6 Å². The number of esters is 1. The van der Waals surface area contributed by atoms with Crippen LogP contribution >= 0.6 is 0 Å². The minimum atomic E-state index is -2.87. The van der Waals surface area contributed by atoms with Crippen LogP contribution in [0.15, 0.2) is 42.5 Å². The van der Waals surface area contributed by atoms with Gasteiger partial charge in [0.05, 0.1) is 12.7 Å². The van der Waals surface area contributed by atoms with E-state index in [9.17, 15) is 17.6 Å². The molecular weight excluding hydrogens is 419 g/mol. The molecule has 2 aromatic rings. The maximum atomic E-state index is 14.4. The van der Waals surface area contributed by atoms with Gasteiger partial charge in [0, 0.05) is 18.7 Å². The van der Waals surface area contributed by atoms with E-state index in [-0.39, 0.29) is 24.2 Å². The number of likely N-dealkylation sites (tertiary alicyclic amines) is 1. The van der Waals surface area contributed by atoms with E-state index in [1.54, 1.807) is 0 Å². The summed E-state index contributed by atoms with van der Waals surface area (Å²) >= 11 is 0. The molecule has 0 saturated carbocycles. The molecule has 0 atom stereocenters. The summed E-state index contributed by atoms with van der Waals surface area (Å²) in [4.78, 5) is 13.9. The van der Waals surface area contributed by atoms with Gasteiger partial charge in [0.25, 0.3) is 0 Å². The van der Waals surface area contributed by atoms with Gasteiger partial charge in [0.15, 0.2) is 0 Å². The first kappa shape index (κ1) is 23.4. The highest BCUT2D eigenvalue weighted by Crippen LogP contribution is 2.28. The molecule has 1 aliphatic rings. The Morgan fingerprint density at radius 1 is 1.19 bits per heavy atom. The van der Waals surface area contributed by atoms with Crippen molar-refractivity contribution in [2.75, 3.05) is 33.8 Å². The molecule has 0 unspecified atom stereocenters. The van der Waals surface area contributed by atoms with Crippen molar-refractivity contribution in [2.24, 2.45) is 0 Å². The largest absolute Gasteiger partial charge is 0.465 e. The van der Waals surface area contributed by atoms with E-state index in [0.717, 1.165) is 37.6 Å². The van der Waals surface area contributed by atoms with Gasteiger partial charge in [-0.1, -0.05) is 30.3 Å². The van der Waals surface area contributed by atoms with Gasteiger partial charge in [-0.25, -0.2) is 17.6 Å². The van der Waals surface area contributed by atoms with Crippen molar-refractivity contribution in [2.45, 2.75) is 31.7 Å². The summed E-state index contributed by atoms with van der Waals surface area (Å²) in [6.07, 6.45) is 2.80. The van der Waals surface area contributed by atoms with Crippen LogP contribution in [0.2, 0.25) is 0 Å². The van der Waals surface area contributed by atoms with Crippen molar-refractivity contribution in [3.63, 3.8) is 0 Å². The van der Waals surface area contributed by atoms with Crippen LogP contribution in [0.4, 0.5) is 4.39 Å². The van der Waals surface area contributed by atoms with E-state index in [4.69, 9.17) is 0 Å². The Morgan fingerprint density at radius 2 is 1.94 bits per heavy atom. The Bertz CT molecular complexity index is 979. The molecule has 0 spiro atoms. The fraction of sp³-hybridized carbons (Fsp3) is 0.435. The quantitative estimate of drug-likeness (QED) is 0.497. The molecule has 2 aromatic carbocycles. The first-order valence-electron chi connectivity index (χ1n) is 10.4. The monoisotopic (exact) mass is 448 g/mol. The number of carbonyl (C=O) groups excluding carboxylic acids is 1. The molecule has 1 saturated heterocycles. The van der Waals surface area contributed by atoms with Crippen LogP contribution in [0.3, 0.4) is 0 Å². The van der Waals surface area contributed by atoms with Crippen molar-refractivity contribution < 1.29 is 22.3 Å². The lowest BCUT2D eigenvalue weighted by Gasteiger charge is -2.29. The normalized spacial score (nSPS) is 15.5. The van der Waals surface area contributed by atoms with Crippen molar-refractivity contribution >= 4 is 16.9 Å². The van der Waals surface area contributed by atoms with Crippen LogP contribution in [0.25, 0.3) is 0 Å². The van der Waals surface area contributed by atoms with Gasteiger partial charge in [-0.3, -0.25) is 0 Å². The van der Waals surface area contributed by atoms with Crippen LogP contribution in [-0.2, 0) is 28.6 Å². The Hall–Kier alpha value is -2.29. The fourth-order valence-corrected chi connectivity index (χ4v) is 4.47. The molecule has 6 nitrogen and oxygen atoms in total. The highest BCUT2D eigenvalue weighted by atomic mass is 32.2. The van der Waals surface area contributed by atoms with Crippen LogP contribution < -0.4 is 0 Å². The standard InChI is InChI=1S/C23H29FN2O4S/c1-25-11-9-18(10-12-25)19-5-3-4-17(14-19)8-13-26(31(28)29)16-21-7-6-20(15-22(21)24)23(27)30-2/h3-7,14-15,18,31H,8-13,16H2,1-2H3. The van der Waals surface area contributed by atoms with Crippen molar-refractivity contribution in [3.05, 3.63) is 70.5 Å². The summed E-state index contributed by atoms with van der Waals surface area (Å²) in [5, 5.41) is 0. The van der Waals surface area contributed by atoms with Gasteiger partial charge in [0.1, 0.15) is 5.82 Å². The van der Waals surface area contributed by atoms with Crippen molar-refractivity contribution in [3.8, 4) is 0 Å². The Morgan fingerprint density at radius 3 is 2.58 bits per heavy atom. The van der Waals surface area contributed by atoms with E-state index in [1.807, 2.05) is 12.1 Å². The molecule has 0 aliphatic carbocycles. The first-order valence-corrected chi connectivity index (χ1v) is 11.5. The van der Waals surface area contributed by atoms with Gasteiger partial charge in [-0.2, -0.15) is 4.31 Å². The van der Waals surface area contributed by atoms with Crippen molar-refractivity contribution in [1.82, 2.24) is 9.21 Å². The predicted octanol–water partition coefficient (Wildman–Crippen LogP) is 2.99. The first-order chi connectivity index (χ1) is 14.9. The number of thiol groups is 1. The van der Waals surface area contributed by atoms with Gasteiger partial charge < -0.3 is 9.64 Å². The molecule has 168 valence electrons. The number of rotatable bonds is 8. The Balaban J connectivity index is 1.65. The van der Waals surface area contributed by atoms with E-state index in [2.05, 4.69) is 28.8 Å². The van der Waals surface area contributed by atoms with E-state index in [1.165, 1.54) is 29.1 Å². The SMILES string of the molecule is COC(=O)c1ccc(CN(CCc2cccc(C3CCN(C)CC3)c2)[SH](=O)=O)c(F)c1. The summed E-state index contributed by atoms with van der Waals surface area (Å²) < 4.78 is 43.7. The second-order valence-electron chi connectivity index (χ2n) is 8.00. The summed E-state index contributed by atoms with van der Waals surface area (Å²) in [5.41, 5.74) is 2.67. The Kier molecular flexibility index (Phi) is 8.17. The number of methoxy groups -OCH3 is 1. The molecule has 0 N–H and O–H groups in total. The third kappa shape index (κ3) is 6.35. The van der Waals surface area contributed by atoms with E-state index >= 15 is 0 Å². The number of carbonyl (C=O) groups is 1. The number of benzene rings is 2. The minimum Gasteiger partial charge on any atom is -0.465 e. The summed E-state index contributed by atoms with van der Waals surface area (Å²) in [7, 11) is 0.483. The molecule has 8 heteroatoms. The number of ether oxygens (including phenoxy) is 1. The number of nitrogens with zero attached hydrogens (tertiary/aromatic N) is 2. The maximum absolute atomic E-state index is 14.4. The van der Waals surface area contributed by atoms with Gasteiger partial charge in [0.2, 0.25) is 10.9 Å². The summed E-state index contributed by atoms with van der Waals surface area (Å²) in [5.74, 6) is -0.735. The van der Waals surface area contributed by atoms with Crippen molar-refractivity contribution in [1.29, 1.82) is 0 Å². The molecule has 1 fully saturated rings. The van der Waals surface area contributed by atoms with Gasteiger partial charge in [-0.15, -0.1) is 0 Å². The summed E-state index contributed by atoms with van der Waals surface area (Å²) in [6.45, 7) is 2.34. The fourth-order valence-electron chi connectivity index (χ4n) is 3.94. The molecular formula is C23H29FN2O4S. The van der Waals surface area contributed by atoms with E-state index < -0.39 is 22.7 Å². The maximum Gasteiger partial charge on any atom is 0.337 e. The average molecular weight is 449 g/mol. The highest BCUT2D eigenvalue weighted by molar-refractivity contribution is 7.69. The second-order valence-corrected chi connectivity index (χ2v) is 9.04. The van der Waals surface area contributed by atoms with Crippen LogP contribution in [-0.4, -0.2) is 57.4 Å². The zero-order chi connectivity index (χ0) is 22.4. The number of hydrogen-bond donors (Lipinski definition) is 1. The molecule has 0 amide bonds. The molecule has 0 aromatic heterocycles. The number of hydrogen-bond acceptors (Lipinski definition) is 5. The van der Waals surface area contributed by atoms with Crippen LogP contribution in [0, 0.1) is 5.82 Å². The zero-order valence-electron chi connectivity index (χ0n) is 17.9. The van der Waals surface area contributed by atoms with Gasteiger partial charge >= 0.3 is 5.97 Å². The zero-order valence-corrected chi connectivity index (χ0v) is 18.8. The second kappa shape index (κ2) is 10.8. The Labute approximate surface area is 184 Å². The molecule has 1 heterocycles. The summed E-state index contributed by atoms with van der Waals surface area (Å²) in [6, 6.07) is 12.3. The average Bonchev–Trinajstić information content (AvgIpc) is 2.77. The third-order valence-electron chi connectivity index (χ3n) is 5.86. The topological polar surface area (TPSA) is 66.9 Å². The lowest BCUT2D eigenvalue weighted by Crippen LogP contribution is -2.29. The lowest BCUT2D eigenvalue weighted by molar-refractivity contribution is 0.0600. The highest BCUT2D eigenvalue weighted by Gasteiger charge is 2.19. The third-order valence-corrected chi connectivity index (χ3v) is 6.66. The molecule has 0 radical (unpaired) electrons. The number of piperidine rings is 1. The van der Waals surface area contributed by atoms with Crippen LogP contribution in [0.5, 0.6) is 0 Å².